The van der Waals surface area contributed by atoms with Gasteiger partial charge in [-0.05, 0) is 48.9 Å². The molecule has 0 radical (unpaired) electrons. The molecule has 0 atom stereocenters. The topological polar surface area (TPSA) is 89.4 Å². The second-order valence-electron chi connectivity index (χ2n) is 11.2. The van der Waals surface area contributed by atoms with E-state index in [4.69, 9.17) is 24.4 Å². The second-order valence-corrected chi connectivity index (χ2v) is 11.2. The number of hydrogen-bond acceptors (Lipinski definition) is 8. The standard InChI is InChI=1S/C31H37N7O2/c1-3-7-22(8-4-1)19-37-15-13-24(14-16-37)34-29-28-30(38(20-33-28)25-9-5-2-6-10-25)36-31(35-29)32-18-23-11-12-26-27(17-23)40-21-39-26/h1,3-4,7-8,11-12,17,20,24-25H,2,5-6,9-10,13-16,18-19,21H2,(H2,32,34,35,36). The largest absolute Gasteiger partial charge is 0.454 e. The lowest BCUT2D eigenvalue weighted by molar-refractivity contribution is 0.174. The zero-order valence-corrected chi connectivity index (χ0v) is 22.9. The minimum Gasteiger partial charge on any atom is -0.454 e. The number of likely N-dealkylation sites (tertiary alicyclic amines) is 1. The first-order valence-electron chi connectivity index (χ1n) is 14.7. The maximum Gasteiger partial charge on any atom is 0.231 e. The van der Waals surface area contributed by atoms with Crippen LogP contribution in [-0.4, -0.2) is 50.3 Å². The van der Waals surface area contributed by atoms with Gasteiger partial charge in [-0.1, -0.05) is 55.7 Å². The van der Waals surface area contributed by atoms with Crippen molar-refractivity contribution < 1.29 is 9.47 Å². The van der Waals surface area contributed by atoms with Crippen molar-refractivity contribution in [3.63, 3.8) is 0 Å². The summed E-state index contributed by atoms with van der Waals surface area (Å²) < 4.78 is 13.3. The predicted octanol–water partition coefficient (Wildman–Crippen LogP) is 5.75. The highest BCUT2D eigenvalue weighted by atomic mass is 16.7. The van der Waals surface area contributed by atoms with Gasteiger partial charge >= 0.3 is 0 Å². The van der Waals surface area contributed by atoms with E-state index in [0.29, 0.717) is 24.6 Å². The van der Waals surface area contributed by atoms with Crippen LogP contribution in [0.2, 0.25) is 0 Å². The average Bonchev–Trinajstić information content (AvgIpc) is 3.65. The summed E-state index contributed by atoms with van der Waals surface area (Å²) in [4.78, 5) is 17.3. The van der Waals surface area contributed by atoms with Gasteiger partial charge in [0.1, 0.15) is 0 Å². The van der Waals surface area contributed by atoms with Crippen molar-refractivity contribution in [2.75, 3.05) is 30.5 Å². The first kappa shape index (κ1) is 25.1. The lowest BCUT2D eigenvalue weighted by atomic mass is 9.95. The van der Waals surface area contributed by atoms with Crippen molar-refractivity contribution in [3.8, 4) is 11.5 Å². The van der Waals surface area contributed by atoms with Gasteiger partial charge in [0.05, 0.1) is 6.33 Å². The normalized spacial score (nSPS) is 18.3. The van der Waals surface area contributed by atoms with E-state index in [0.717, 1.165) is 66.5 Å². The van der Waals surface area contributed by atoms with Crippen molar-refractivity contribution in [1.82, 2.24) is 24.4 Å². The lowest BCUT2D eigenvalue weighted by Crippen LogP contribution is -2.38. The summed E-state index contributed by atoms with van der Waals surface area (Å²) >= 11 is 0. The third kappa shape index (κ3) is 5.43. The monoisotopic (exact) mass is 539 g/mol. The number of ether oxygens (including phenoxy) is 2. The van der Waals surface area contributed by atoms with Gasteiger partial charge in [-0.15, -0.1) is 0 Å². The Labute approximate surface area is 234 Å². The van der Waals surface area contributed by atoms with Crippen molar-refractivity contribution in [3.05, 3.63) is 66.0 Å². The first-order valence-corrected chi connectivity index (χ1v) is 14.7. The van der Waals surface area contributed by atoms with Gasteiger partial charge in [-0.25, -0.2) is 4.98 Å². The highest BCUT2D eigenvalue weighted by molar-refractivity contribution is 5.84. The van der Waals surface area contributed by atoms with Crippen LogP contribution in [-0.2, 0) is 13.1 Å². The number of hydrogen-bond donors (Lipinski definition) is 2. The number of anilines is 2. The summed E-state index contributed by atoms with van der Waals surface area (Å²) in [6.07, 6.45) is 10.3. The summed E-state index contributed by atoms with van der Waals surface area (Å²) in [5, 5.41) is 7.24. The summed E-state index contributed by atoms with van der Waals surface area (Å²) in [7, 11) is 0. The van der Waals surface area contributed by atoms with E-state index in [9.17, 15) is 0 Å². The number of imidazole rings is 1. The van der Waals surface area contributed by atoms with E-state index in [1.807, 2.05) is 24.5 Å². The van der Waals surface area contributed by atoms with E-state index in [1.54, 1.807) is 0 Å². The van der Waals surface area contributed by atoms with E-state index < -0.39 is 0 Å². The van der Waals surface area contributed by atoms with Gasteiger partial charge in [0.15, 0.2) is 28.5 Å². The average molecular weight is 540 g/mol. The summed E-state index contributed by atoms with van der Waals surface area (Å²) in [6, 6.07) is 17.6. The Morgan fingerprint density at radius 1 is 0.850 bits per heavy atom. The minimum absolute atomic E-state index is 0.275. The third-order valence-corrected chi connectivity index (χ3v) is 8.45. The molecule has 208 valence electrons. The van der Waals surface area contributed by atoms with E-state index >= 15 is 0 Å². The van der Waals surface area contributed by atoms with Crippen LogP contribution in [0, 0.1) is 0 Å². The molecule has 0 bridgehead atoms. The molecule has 2 aromatic carbocycles. The second kappa shape index (κ2) is 11.3. The van der Waals surface area contributed by atoms with Gasteiger partial charge in [0.2, 0.25) is 12.7 Å². The van der Waals surface area contributed by atoms with Gasteiger partial charge in [-0.3, -0.25) is 4.90 Å². The number of rotatable bonds is 8. The fourth-order valence-electron chi connectivity index (χ4n) is 6.23. The van der Waals surface area contributed by atoms with Crippen molar-refractivity contribution in [2.24, 2.45) is 0 Å². The van der Waals surface area contributed by atoms with E-state index in [-0.39, 0.29) is 6.79 Å². The van der Waals surface area contributed by atoms with Crippen molar-refractivity contribution in [1.29, 1.82) is 0 Å². The highest BCUT2D eigenvalue weighted by Gasteiger charge is 2.24. The Morgan fingerprint density at radius 3 is 2.52 bits per heavy atom. The number of fused-ring (bicyclic) bond motifs is 2. The van der Waals surface area contributed by atoms with Crippen LogP contribution in [0.15, 0.2) is 54.9 Å². The number of piperidine rings is 1. The van der Waals surface area contributed by atoms with Crippen LogP contribution in [0.1, 0.15) is 62.1 Å². The van der Waals surface area contributed by atoms with Crippen LogP contribution in [0.4, 0.5) is 11.8 Å². The molecule has 7 rings (SSSR count). The predicted molar refractivity (Wildman–Crippen MR) is 156 cm³/mol. The molecule has 2 fully saturated rings. The summed E-state index contributed by atoms with van der Waals surface area (Å²) in [5.74, 6) is 3.02. The fraction of sp³-hybridized carbons (Fsp3) is 0.452. The van der Waals surface area contributed by atoms with Gasteiger partial charge in [-0.2, -0.15) is 9.97 Å². The Morgan fingerprint density at radius 2 is 1.68 bits per heavy atom. The molecule has 40 heavy (non-hydrogen) atoms. The molecule has 1 saturated carbocycles. The fourth-order valence-corrected chi connectivity index (χ4v) is 6.23. The van der Waals surface area contributed by atoms with Crippen molar-refractivity contribution >= 4 is 22.9 Å². The molecule has 4 aromatic rings. The Balaban J connectivity index is 1.10. The zero-order valence-electron chi connectivity index (χ0n) is 22.9. The molecular weight excluding hydrogens is 502 g/mol. The van der Waals surface area contributed by atoms with Gasteiger partial charge in [0, 0.05) is 38.3 Å². The van der Waals surface area contributed by atoms with Crippen LogP contribution in [0.5, 0.6) is 11.5 Å². The minimum atomic E-state index is 0.275. The van der Waals surface area contributed by atoms with Crippen LogP contribution in [0.3, 0.4) is 0 Å². The van der Waals surface area contributed by atoms with Crippen molar-refractivity contribution in [2.45, 2.75) is 70.1 Å². The molecule has 1 aliphatic carbocycles. The highest BCUT2D eigenvalue weighted by Crippen LogP contribution is 2.34. The summed E-state index contributed by atoms with van der Waals surface area (Å²) in [5.41, 5.74) is 4.25. The van der Waals surface area contributed by atoms with Crippen LogP contribution >= 0.6 is 0 Å². The number of aromatic nitrogens is 4. The Hall–Kier alpha value is -3.85. The van der Waals surface area contributed by atoms with Gasteiger partial charge in [0.25, 0.3) is 0 Å². The lowest BCUT2D eigenvalue weighted by Gasteiger charge is -2.32. The quantitative estimate of drug-likeness (QED) is 0.293. The maximum absolute atomic E-state index is 5.56. The Bertz CT molecular complexity index is 1440. The van der Waals surface area contributed by atoms with Crippen LogP contribution < -0.4 is 20.1 Å². The first-order chi connectivity index (χ1) is 19.8. The summed E-state index contributed by atoms with van der Waals surface area (Å²) in [6.45, 7) is 4.00. The molecule has 2 aliphatic heterocycles. The molecule has 1 saturated heterocycles. The molecule has 4 heterocycles. The molecule has 0 amide bonds. The van der Waals surface area contributed by atoms with Gasteiger partial charge < -0.3 is 24.7 Å². The molecule has 9 heteroatoms. The molecule has 2 N–H and O–H groups in total. The maximum atomic E-state index is 5.56. The Kier molecular flexibility index (Phi) is 7.12. The molecule has 3 aliphatic rings. The zero-order chi connectivity index (χ0) is 26.7. The third-order valence-electron chi connectivity index (χ3n) is 8.45. The van der Waals surface area contributed by atoms with E-state index in [2.05, 4.69) is 50.4 Å². The van der Waals surface area contributed by atoms with E-state index in [1.165, 1.54) is 37.7 Å². The number of benzene rings is 2. The number of nitrogens with one attached hydrogen (secondary N) is 2. The number of nitrogens with zero attached hydrogens (tertiary/aromatic N) is 5. The molecule has 9 nitrogen and oxygen atoms in total. The molecule has 2 aromatic heterocycles. The SMILES string of the molecule is c1ccc(CN2CCC(Nc3nc(NCc4ccc5c(c4)OCO5)nc4c3ncn4C3CCCCC3)CC2)cc1. The molecular formula is C31H37N7O2. The van der Waals surface area contributed by atoms with Crippen LogP contribution in [0.25, 0.3) is 11.2 Å². The molecule has 0 spiro atoms. The molecule has 0 unspecified atom stereocenters. The smallest absolute Gasteiger partial charge is 0.231 e.